The standard InChI is InChI=1S/C22H20F3N5O3/c23-22(24,25)13-7-8-17(29-9-3-4-10-29)16(11-13)27-18(31)12-30-21(33)15-6-2-1-5-14(15)19(28-30)20(26)32/h1-2,5-8,11H,3-4,9-10,12H2,(H2,26,32)(H,27,31). The molecule has 2 heterocycles. The number of aromatic nitrogens is 2. The van der Waals surface area contributed by atoms with Gasteiger partial charge in [0, 0.05) is 18.5 Å². The van der Waals surface area contributed by atoms with Crippen molar-refractivity contribution >= 4 is 34.0 Å². The number of fused-ring (bicyclic) bond motifs is 1. The van der Waals surface area contributed by atoms with Crippen LogP contribution in [0.15, 0.2) is 47.3 Å². The first-order valence-electron chi connectivity index (χ1n) is 10.2. The molecule has 33 heavy (non-hydrogen) atoms. The lowest BCUT2D eigenvalue weighted by Crippen LogP contribution is -2.32. The van der Waals surface area contributed by atoms with E-state index >= 15 is 0 Å². The fourth-order valence-electron chi connectivity index (χ4n) is 3.90. The molecule has 3 N–H and O–H groups in total. The molecule has 11 heteroatoms. The zero-order valence-electron chi connectivity index (χ0n) is 17.4. The van der Waals surface area contributed by atoms with Gasteiger partial charge in [-0.1, -0.05) is 18.2 Å². The summed E-state index contributed by atoms with van der Waals surface area (Å²) in [6, 6.07) is 9.35. The first-order valence-corrected chi connectivity index (χ1v) is 10.2. The van der Waals surface area contributed by atoms with Gasteiger partial charge in [0.15, 0.2) is 5.69 Å². The number of nitrogens with one attached hydrogen (secondary N) is 1. The molecule has 2 amide bonds. The summed E-state index contributed by atoms with van der Waals surface area (Å²) in [4.78, 5) is 39.2. The predicted molar refractivity (Wildman–Crippen MR) is 116 cm³/mol. The molecular weight excluding hydrogens is 439 g/mol. The Kier molecular flexibility index (Phi) is 5.79. The number of amides is 2. The third-order valence-electron chi connectivity index (χ3n) is 5.44. The number of nitrogens with two attached hydrogens (primary N) is 1. The number of anilines is 2. The second-order valence-corrected chi connectivity index (χ2v) is 7.69. The van der Waals surface area contributed by atoms with Gasteiger partial charge in [-0.2, -0.15) is 18.3 Å². The highest BCUT2D eigenvalue weighted by molar-refractivity contribution is 6.04. The number of carbonyl (C=O) groups excluding carboxylic acids is 2. The third-order valence-corrected chi connectivity index (χ3v) is 5.44. The van der Waals surface area contributed by atoms with E-state index in [1.807, 2.05) is 4.90 Å². The molecule has 1 aliphatic heterocycles. The van der Waals surface area contributed by atoms with Crippen molar-refractivity contribution in [3.8, 4) is 0 Å². The van der Waals surface area contributed by atoms with Crippen LogP contribution in [0.25, 0.3) is 10.8 Å². The van der Waals surface area contributed by atoms with E-state index in [4.69, 9.17) is 5.73 Å². The van der Waals surface area contributed by atoms with Gasteiger partial charge in [-0.05, 0) is 37.1 Å². The smallest absolute Gasteiger partial charge is 0.370 e. The Bertz CT molecular complexity index is 1300. The van der Waals surface area contributed by atoms with E-state index in [2.05, 4.69) is 10.4 Å². The van der Waals surface area contributed by atoms with Crippen molar-refractivity contribution < 1.29 is 22.8 Å². The van der Waals surface area contributed by atoms with Gasteiger partial charge >= 0.3 is 6.18 Å². The van der Waals surface area contributed by atoms with Gasteiger partial charge in [0.1, 0.15) is 6.54 Å². The quantitative estimate of drug-likeness (QED) is 0.610. The topological polar surface area (TPSA) is 110 Å². The van der Waals surface area contributed by atoms with E-state index in [0.717, 1.165) is 29.7 Å². The second kappa shape index (κ2) is 8.57. The number of primary amides is 1. The minimum absolute atomic E-state index is 0.0133. The lowest BCUT2D eigenvalue weighted by molar-refractivity contribution is -0.137. The number of hydrogen-bond acceptors (Lipinski definition) is 5. The summed E-state index contributed by atoms with van der Waals surface area (Å²) in [5.41, 5.74) is 4.10. The van der Waals surface area contributed by atoms with Gasteiger partial charge in [-0.25, -0.2) is 4.68 Å². The minimum atomic E-state index is -4.59. The molecule has 0 atom stereocenters. The van der Waals surface area contributed by atoms with Crippen molar-refractivity contribution in [1.82, 2.24) is 9.78 Å². The van der Waals surface area contributed by atoms with Gasteiger partial charge in [-0.15, -0.1) is 0 Å². The number of nitrogens with zero attached hydrogens (tertiary/aromatic N) is 3. The monoisotopic (exact) mass is 459 g/mol. The molecule has 1 aliphatic rings. The van der Waals surface area contributed by atoms with Gasteiger partial charge in [-0.3, -0.25) is 14.4 Å². The summed E-state index contributed by atoms with van der Waals surface area (Å²) in [5, 5.41) is 6.79. The molecular formula is C22H20F3N5O3. The second-order valence-electron chi connectivity index (χ2n) is 7.69. The van der Waals surface area contributed by atoms with Crippen LogP contribution < -0.4 is 21.5 Å². The van der Waals surface area contributed by atoms with Crippen LogP contribution in [-0.4, -0.2) is 34.7 Å². The normalized spacial score (nSPS) is 14.0. The van der Waals surface area contributed by atoms with Gasteiger partial charge < -0.3 is 16.0 Å². The van der Waals surface area contributed by atoms with Crippen LogP contribution in [0, 0.1) is 0 Å². The lowest BCUT2D eigenvalue weighted by atomic mass is 10.1. The molecule has 172 valence electrons. The lowest BCUT2D eigenvalue weighted by Gasteiger charge is -2.23. The highest BCUT2D eigenvalue weighted by Crippen LogP contribution is 2.36. The van der Waals surface area contributed by atoms with Crippen LogP contribution in [-0.2, 0) is 17.5 Å². The molecule has 0 saturated carbocycles. The summed E-state index contributed by atoms with van der Waals surface area (Å²) in [6.45, 7) is 0.698. The number of halogens is 3. The van der Waals surface area contributed by atoms with Crippen molar-refractivity contribution in [2.45, 2.75) is 25.6 Å². The molecule has 0 unspecified atom stereocenters. The van der Waals surface area contributed by atoms with E-state index in [1.165, 1.54) is 18.2 Å². The largest absolute Gasteiger partial charge is 0.416 e. The van der Waals surface area contributed by atoms with E-state index in [9.17, 15) is 27.6 Å². The maximum absolute atomic E-state index is 13.3. The molecule has 1 fully saturated rings. The van der Waals surface area contributed by atoms with Crippen LogP contribution in [0.3, 0.4) is 0 Å². The van der Waals surface area contributed by atoms with Crippen molar-refractivity contribution in [2.75, 3.05) is 23.3 Å². The Labute approximate surface area is 185 Å². The van der Waals surface area contributed by atoms with E-state index in [-0.39, 0.29) is 22.2 Å². The number of alkyl halides is 3. The highest BCUT2D eigenvalue weighted by atomic mass is 19.4. The molecule has 0 aliphatic carbocycles. The molecule has 2 aromatic carbocycles. The van der Waals surface area contributed by atoms with Crippen molar-refractivity contribution in [1.29, 1.82) is 0 Å². The van der Waals surface area contributed by atoms with Crippen LogP contribution in [0.2, 0.25) is 0 Å². The minimum Gasteiger partial charge on any atom is -0.370 e. The molecule has 0 bridgehead atoms. The van der Waals surface area contributed by atoms with Gasteiger partial charge in [0.05, 0.1) is 22.3 Å². The molecule has 8 nitrogen and oxygen atoms in total. The Morgan fingerprint density at radius 2 is 1.73 bits per heavy atom. The van der Waals surface area contributed by atoms with Crippen LogP contribution in [0.1, 0.15) is 28.9 Å². The zero-order chi connectivity index (χ0) is 23.8. The molecule has 3 aromatic rings. The SMILES string of the molecule is NC(=O)c1nn(CC(=O)Nc2cc(C(F)(F)F)ccc2N2CCCC2)c(=O)c2ccccc12. The molecule has 0 spiro atoms. The van der Waals surface area contributed by atoms with Crippen LogP contribution in [0.4, 0.5) is 24.5 Å². The summed E-state index contributed by atoms with van der Waals surface area (Å²) in [7, 11) is 0. The predicted octanol–water partition coefficient (Wildman–Crippen LogP) is 2.75. The number of benzene rings is 2. The zero-order valence-corrected chi connectivity index (χ0v) is 17.4. The Balaban J connectivity index is 1.68. The third kappa shape index (κ3) is 4.52. The first-order chi connectivity index (χ1) is 15.6. The Morgan fingerprint density at radius 1 is 1.06 bits per heavy atom. The number of rotatable bonds is 5. The van der Waals surface area contributed by atoms with Gasteiger partial charge in [0.2, 0.25) is 5.91 Å². The summed E-state index contributed by atoms with van der Waals surface area (Å²) in [5.74, 6) is -1.65. The molecule has 1 aromatic heterocycles. The summed E-state index contributed by atoms with van der Waals surface area (Å²) < 4.78 is 40.5. The van der Waals surface area contributed by atoms with Crippen molar-refractivity contribution in [3.05, 3.63) is 64.1 Å². The van der Waals surface area contributed by atoms with E-state index < -0.39 is 35.7 Å². The van der Waals surface area contributed by atoms with E-state index in [1.54, 1.807) is 12.1 Å². The maximum Gasteiger partial charge on any atom is 0.416 e. The maximum atomic E-state index is 13.3. The fourth-order valence-corrected chi connectivity index (χ4v) is 3.90. The van der Waals surface area contributed by atoms with Crippen molar-refractivity contribution in [2.24, 2.45) is 5.73 Å². The van der Waals surface area contributed by atoms with Crippen molar-refractivity contribution in [3.63, 3.8) is 0 Å². The average molecular weight is 459 g/mol. The Morgan fingerprint density at radius 3 is 2.36 bits per heavy atom. The van der Waals surface area contributed by atoms with Gasteiger partial charge in [0.25, 0.3) is 11.5 Å². The highest BCUT2D eigenvalue weighted by Gasteiger charge is 2.32. The average Bonchev–Trinajstić information content (AvgIpc) is 3.29. The van der Waals surface area contributed by atoms with E-state index in [0.29, 0.717) is 18.8 Å². The number of carbonyl (C=O) groups is 2. The summed E-state index contributed by atoms with van der Waals surface area (Å²) >= 11 is 0. The summed E-state index contributed by atoms with van der Waals surface area (Å²) in [6.07, 6.45) is -2.81. The van der Waals surface area contributed by atoms with Crippen LogP contribution in [0.5, 0.6) is 0 Å². The molecule has 4 rings (SSSR count). The van der Waals surface area contributed by atoms with Crippen LogP contribution >= 0.6 is 0 Å². The number of hydrogen-bond donors (Lipinski definition) is 2. The Hall–Kier alpha value is -3.89. The first kappa shape index (κ1) is 22.3. The molecule has 0 radical (unpaired) electrons. The fraction of sp³-hybridized carbons (Fsp3) is 0.273. The molecule has 1 saturated heterocycles.